The van der Waals surface area contributed by atoms with Crippen molar-refractivity contribution in [2.75, 3.05) is 19.6 Å². The third-order valence-corrected chi connectivity index (χ3v) is 7.75. The van der Waals surface area contributed by atoms with Gasteiger partial charge in [0, 0.05) is 17.6 Å². The molecule has 0 aromatic heterocycles. The molecule has 0 aliphatic heterocycles. The number of benzene rings is 2. The molecule has 0 bridgehead atoms. The molecule has 1 atom stereocenters. The second-order valence-corrected chi connectivity index (χ2v) is 10.0. The Labute approximate surface area is 194 Å². The molecule has 0 amide bonds. The zero-order chi connectivity index (χ0) is 23.9. The van der Waals surface area contributed by atoms with Crippen LogP contribution in [0.3, 0.4) is 0 Å². The van der Waals surface area contributed by atoms with Crippen molar-refractivity contribution < 1.29 is 21.6 Å². The molecule has 0 aliphatic carbocycles. The molecule has 0 saturated heterocycles. The summed E-state index contributed by atoms with van der Waals surface area (Å²) in [6, 6.07) is 10.2. The summed E-state index contributed by atoms with van der Waals surface area (Å²) >= 11 is 5.91. The molecule has 9 heteroatoms. The lowest BCUT2D eigenvalue weighted by Crippen LogP contribution is -2.38. The maximum atomic E-state index is 13.4. The fraction of sp³-hybridized carbons (Fsp3) is 0.478. The second kappa shape index (κ2) is 11.5. The lowest BCUT2D eigenvalue weighted by Gasteiger charge is -2.29. The van der Waals surface area contributed by atoms with Gasteiger partial charge in [-0.3, -0.25) is 0 Å². The van der Waals surface area contributed by atoms with Gasteiger partial charge in [0.25, 0.3) is 0 Å². The van der Waals surface area contributed by atoms with Crippen molar-refractivity contribution in [3.05, 3.63) is 64.7 Å². The highest BCUT2D eigenvalue weighted by Gasteiger charge is 2.31. The molecule has 0 radical (unpaired) electrons. The number of alkyl halides is 3. The van der Waals surface area contributed by atoms with Crippen LogP contribution in [-0.4, -0.2) is 43.3 Å². The SMILES string of the molecule is CCN(CC)CCCC(C)N(Cc1ccc(C(F)(F)F)cc1)S(=O)(=O)c1ccc(Cl)cc1. The largest absolute Gasteiger partial charge is 0.416 e. The van der Waals surface area contributed by atoms with Gasteiger partial charge in [0.2, 0.25) is 10.0 Å². The predicted octanol–water partition coefficient (Wildman–Crippen LogP) is 6.06. The van der Waals surface area contributed by atoms with Gasteiger partial charge in [-0.05, 0) is 81.4 Å². The molecule has 2 aromatic carbocycles. The Morgan fingerprint density at radius 3 is 2.03 bits per heavy atom. The first-order chi connectivity index (χ1) is 15.0. The topological polar surface area (TPSA) is 40.6 Å². The van der Waals surface area contributed by atoms with Crippen molar-refractivity contribution in [3.63, 3.8) is 0 Å². The van der Waals surface area contributed by atoms with Crippen molar-refractivity contribution in [2.45, 2.75) is 57.3 Å². The summed E-state index contributed by atoms with van der Waals surface area (Å²) in [6.45, 7) is 8.66. The van der Waals surface area contributed by atoms with Crippen LogP contribution in [0.25, 0.3) is 0 Å². The minimum Gasteiger partial charge on any atom is -0.304 e. The molecule has 1 unspecified atom stereocenters. The van der Waals surface area contributed by atoms with E-state index >= 15 is 0 Å². The molecule has 0 N–H and O–H groups in total. The zero-order valence-corrected chi connectivity index (χ0v) is 20.1. The third-order valence-electron chi connectivity index (χ3n) is 5.52. The number of nitrogens with zero attached hydrogens (tertiary/aromatic N) is 2. The molecule has 0 aliphatic rings. The third kappa shape index (κ3) is 7.20. The summed E-state index contributed by atoms with van der Waals surface area (Å²) in [5, 5.41) is 0.422. The highest BCUT2D eigenvalue weighted by atomic mass is 35.5. The van der Waals surface area contributed by atoms with E-state index in [9.17, 15) is 21.6 Å². The first kappa shape index (κ1) is 26.6. The highest BCUT2D eigenvalue weighted by Crippen LogP contribution is 2.30. The Morgan fingerprint density at radius 1 is 0.969 bits per heavy atom. The lowest BCUT2D eigenvalue weighted by molar-refractivity contribution is -0.137. The molecule has 2 rings (SSSR count). The maximum absolute atomic E-state index is 13.4. The first-order valence-electron chi connectivity index (χ1n) is 10.6. The normalized spacial score (nSPS) is 13.7. The Morgan fingerprint density at radius 2 is 1.53 bits per heavy atom. The molecule has 2 aromatic rings. The van der Waals surface area contributed by atoms with E-state index in [1.54, 1.807) is 0 Å². The Hall–Kier alpha value is -1.61. The van der Waals surface area contributed by atoms with Crippen LogP contribution in [0.15, 0.2) is 53.4 Å². The van der Waals surface area contributed by atoms with Crippen molar-refractivity contribution in [3.8, 4) is 0 Å². The summed E-state index contributed by atoms with van der Waals surface area (Å²) in [4.78, 5) is 2.37. The summed E-state index contributed by atoms with van der Waals surface area (Å²) in [5.74, 6) is 0. The average Bonchev–Trinajstić information content (AvgIpc) is 2.75. The summed E-state index contributed by atoms with van der Waals surface area (Å²) < 4.78 is 66.9. The molecule has 178 valence electrons. The first-order valence-corrected chi connectivity index (χ1v) is 12.5. The van der Waals surface area contributed by atoms with E-state index in [1.165, 1.54) is 40.7 Å². The molecule has 0 spiro atoms. The number of rotatable bonds is 11. The monoisotopic (exact) mass is 490 g/mol. The van der Waals surface area contributed by atoms with Gasteiger partial charge >= 0.3 is 6.18 Å². The standard InChI is InChI=1S/C23H30ClF3N2O2S/c1-4-28(5-2)16-6-7-18(3)29(32(30,31)22-14-12-21(24)13-15-22)17-19-8-10-20(11-9-19)23(25,26)27/h8-15,18H,4-7,16-17H2,1-3H3. The maximum Gasteiger partial charge on any atom is 0.416 e. The van der Waals surface area contributed by atoms with Gasteiger partial charge in [0.1, 0.15) is 0 Å². The number of halogens is 4. The smallest absolute Gasteiger partial charge is 0.304 e. The van der Waals surface area contributed by atoms with Crippen molar-refractivity contribution in [1.82, 2.24) is 9.21 Å². The van der Waals surface area contributed by atoms with Gasteiger partial charge in [0.05, 0.1) is 10.5 Å². The van der Waals surface area contributed by atoms with Crippen LogP contribution in [0.5, 0.6) is 0 Å². The van der Waals surface area contributed by atoms with E-state index in [-0.39, 0.29) is 17.5 Å². The van der Waals surface area contributed by atoms with Gasteiger partial charge in [0.15, 0.2) is 0 Å². The molecular formula is C23H30ClF3N2O2S. The fourth-order valence-electron chi connectivity index (χ4n) is 3.49. The van der Waals surface area contributed by atoms with Crippen molar-refractivity contribution >= 4 is 21.6 Å². The predicted molar refractivity (Wildman–Crippen MR) is 122 cm³/mol. The second-order valence-electron chi connectivity index (χ2n) is 7.72. The Bertz CT molecular complexity index is 945. The van der Waals surface area contributed by atoms with Gasteiger partial charge in [-0.15, -0.1) is 0 Å². The van der Waals surface area contributed by atoms with Gasteiger partial charge in [-0.2, -0.15) is 17.5 Å². The Kier molecular flexibility index (Phi) is 9.57. The fourth-order valence-corrected chi connectivity index (χ4v) is 5.27. The number of hydrogen-bond donors (Lipinski definition) is 0. The molecule has 32 heavy (non-hydrogen) atoms. The van der Waals surface area contributed by atoms with Crippen LogP contribution in [0.2, 0.25) is 5.02 Å². The van der Waals surface area contributed by atoms with Crippen molar-refractivity contribution in [1.29, 1.82) is 0 Å². The van der Waals surface area contributed by atoms with Crippen LogP contribution in [0.1, 0.15) is 44.7 Å². The van der Waals surface area contributed by atoms with Crippen LogP contribution in [0, 0.1) is 0 Å². The summed E-state index contributed by atoms with van der Waals surface area (Å²) in [6.07, 6.45) is -3.00. The van der Waals surface area contributed by atoms with E-state index < -0.39 is 21.8 Å². The van der Waals surface area contributed by atoms with Crippen LogP contribution in [-0.2, 0) is 22.7 Å². The highest BCUT2D eigenvalue weighted by molar-refractivity contribution is 7.89. The van der Waals surface area contributed by atoms with Crippen LogP contribution in [0.4, 0.5) is 13.2 Å². The quantitative estimate of drug-likeness (QED) is 0.384. The van der Waals surface area contributed by atoms with Crippen LogP contribution < -0.4 is 0 Å². The van der Waals surface area contributed by atoms with Gasteiger partial charge in [-0.25, -0.2) is 8.42 Å². The molecule has 0 fully saturated rings. The van der Waals surface area contributed by atoms with E-state index in [2.05, 4.69) is 18.7 Å². The van der Waals surface area contributed by atoms with E-state index in [4.69, 9.17) is 11.6 Å². The average molecular weight is 491 g/mol. The number of sulfonamides is 1. The van der Waals surface area contributed by atoms with Crippen LogP contribution >= 0.6 is 11.6 Å². The van der Waals surface area contributed by atoms with E-state index in [0.717, 1.165) is 38.2 Å². The van der Waals surface area contributed by atoms with Crippen molar-refractivity contribution in [2.24, 2.45) is 0 Å². The Balaban J connectivity index is 2.28. The number of hydrogen-bond acceptors (Lipinski definition) is 3. The molecule has 0 heterocycles. The zero-order valence-electron chi connectivity index (χ0n) is 18.6. The van der Waals surface area contributed by atoms with Gasteiger partial charge in [-0.1, -0.05) is 37.6 Å². The lowest BCUT2D eigenvalue weighted by atomic mass is 10.1. The minimum atomic E-state index is -4.44. The van der Waals surface area contributed by atoms with E-state index in [1.807, 2.05) is 6.92 Å². The summed E-state index contributed by atoms with van der Waals surface area (Å²) in [7, 11) is -3.88. The summed E-state index contributed by atoms with van der Waals surface area (Å²) in [5.41, 5.74) is -0.272. The van der Waals surface area contributed by atoms with E-state index in [0.29, 0.717) is 17.0 Å². The minimum absolute atomic E-state index is 0.0183. The molecule has 4 nitrogen and oxygen atoms in total. The molecular weight excluding hydrogens is 461 g/mol. The van der Waals surface area contributed by atoms with Gasteiger partial charge < -0.3 is 4.90 Å². The molecule has 0 saturated carbocycles.